The molecule has 122 valence electrons. The molecule has 3 heterocycles. The second-order valence-electron chi connectivity index (χ2n) is 7.34. The van der Waals surface area contributed by atoms with Crippen LogP contribution in [0.5, 0.6) is 0 Å². The molecule has 0 fully saturated rings. The number of rotatable bonds is 1. The fourth-order valence-corrected chi connectivity index (χ4v) is 4.46. The molecule has 24 heavy (non-hydrogen) atoms. The van der Waals surface area contributed by atoms with Crippen molar-refractivity contribution in [3.63, 3.8) is 0 Å². The summed E-state index contributed by atoms with van der Waals surface area (Å²) in [5.41, 5.74) is 8.51. The summed E-state index contributed by atoms with van der Waals surface area (Å²) >= 11 is 0. The van der Waals surface area contributed by atoms with Gasteiger partial charge in [0.15, 0.2) is 0 Å². The predicted molar refractivity (Wildman–Crippen MR) is 99.5 cm³/mol. The van der Waals surface area contributed by atoms with Crippen molar-refractivity contribution in [2.75, 3.05) is 18.9 Å². The number of hydrogen-bond acceptors (Lipinski definition) is 2. The van der Waals surface area contributed by atoms with Crippen LogP contribution in [0.25, 0.3) is 10.9 Å². The summed E-state index contributed by atoms with van der Waals surface area (Å²) in [5.74, 6) is 0. The summed E-state index contributed by atoms with van der Waals surface area (Å²) in [4.78, 5) is 2.44. The molecule has 2 aliphatic rings. The van der Waals surface area contributed by atoms with Gasteiger partial charge in [0.25, 0.3) is 0 Å². The Hall–Kier alpha value is -2.26. The number of anilines is 1. The third kappa shape index (κ3) is 2.01. The van der Waals surface area contributed by atoms with Crippen LogP contribution in [-0.4, -0.2) is 23.1 Å². The van der Waals surface area contributed by atoms with E-state index in [1.807, 2.05) is 0 Å². The molecule has 3 aromatic rings. The van der Waals surface area contributed by atoms with Crippen LogP contribution in [-0.2, 0) is 19.5 Å². The van der Waals surface area contributed by atoms with Gasteiger partial charge in [-0.25, -0.2) is 0 Å². The Kier molecular flexibility index (Phi) is 3.01. The van der Waals surface area contributed by atoms with Gasteiger partial charge >= 0.3 is 0 Å². The summed E-state index contributed by atoms with van der Waals surface area (Å²) in [6.45, 7) is 5.45. The first kappa shape index (κ1) is 14.1. The Morgan fingerprint density at radius 2 is 1.96 bits per heavy atom. The summed E-state index contributed by atoms with van der Waals surface area (Å²) in [6.07, 6.45) is 1.15. The highest BCUT2D eigenvalue weighted by Gasteiger charge is 2.29. The van der Waals surface area contributed by atoms with Crippen molar-refractivity contribution in [2.45, 2.75) is 32.5 Å². The van der Waals surface area contributed by atoms with E-state index in [-0.39, 0.29) is 0 Å². The number of aromatic nitrogens is 1. The Morgan fingerprint density at radius 1 is 1.12 bits per heavy atom. The molecule has 2 aliphatic heterocycles. The van der Waals surface area contributed by atoms with Gasteiger partial charge in [-0.05, 0) is 42.8 Å². The molecule has 0 radical (unpaired) electrons. The maximum atomic E-state index is 3.80. The standard InChI is InChI=1S/C21H23N3/c1-14-10-16-17-12-23(2)9-8-20(17)24-13-19(15-6-4-3-5-7-15)22-18(11-14)21(16)24/h3-7,10-11,19,22H,8-9,12-13H2,1-2H3. The fraction of sp³-hybridized carbons (Fsp3) is 0.333. The number of hydrogen-bond donors (Lipinski definition) is 1. The van der Waals surface area contributed by atoms with Gasteiger partial charge in [-0.1, -0.05) is 30.3 Å². The number of nitrogens with one attached hydrogen (secondary N) is 1. The van der Waals surface area contributed by atoms with Gasteiger partial charge in [-0.2, -0.15) is 0 Å². The number of aryl methyl sites for hydroxylation is 1. The minimum atomic E-state index is 0.347. The molecule has 3 nitrogen and oxygen atoms in total. The molecule has 5 rings (SSSR count). The van der Waals surface area contributed by atoms with E-state index in [1.165, 1.54) is 27.7 Å². The maximum absolute atomic E-state index is 3.80. The lowest BCUT2D eigenvalue weighted by Gasteiger charge is -2.30. The van der Waals surface area contributed by atoms with E-state index in [0.717, 1.165) is 26.1 Å². The Morgan fingerprint density at radius 3 is 2.79 bits per heavy atom. The van der Waals surface area contributed by atoms with Gasteiger partial charge in [0.1, 0.15) is 0 Å². The summed E-state index contributed by atoms with van der Waals surface area (Å²) in [5, 5.41) is 5.25. The molecule has 0 aliphatic carbocycles. The molecule has 0 saturated carbocycles. The van der Waals surface area contributed by atoms with Crippen LogP contribution >= 0.6 is 0 Å². The topological polar surface area (TPSA) is 20.2 Å². The Labute approximate surface area is 142 Å². The minimum absolute atomic E-state index is 0.347. The van der Waals surface area contributed by atoms with Crippen molar-refractivity contribution in [3.8, 4) is 0 Å². The largest absolute Gasteiger partial charge is 0.375 e. The number of benzene rings is 2. The van der Waals surface area contributed by atoms with Crippen molar-refractivity contribution >= 4 is 16.6 Å². The number of likely N-dealkylation sites (N-methyl/N-ethyl adjacent to an activating group) is 1. The highest BCUT2D eigenvalue weighted by atomic mass is 15.1. The summed E-state index contributed by atoms with van der Waals surface area (Å²) in [7, 11) is 2.23. The van der Waals surface area contributed by atoms with Crippen molar-refractivity contribution in [1.82, 2.24) is 9.47 Å². The van der Waals surface area contributed by atoms with Crippen molar-refractivity contribution in [3.05, 3.63) is 64.8 Å². The smallest absolute Gasteiger partial charge is 0.0722 e. The lowest BCUT2D eigenvalue weighted by Crippen LogP contribution is -2.29. The van der Waals surface area contributed by atoms with Gasteiger partial charge in [0.05, 0.1) is 17.2 Å². The monoisotopic (exact) mass is 317 g/mol. The van der Waals surface area contributed by atoms with Crippen LogP contribution in [0.15, 0.2) is 42.5 Å². The first-order chi connectivity index (χ1) is 11.7. The Bertz CT molecular complexity index is 923. The lowest BCUT2D eigenvalue weighted by atomic mass is 10.0. The van der Waals surface area contributed by atoms with E-state index in [1.54, 1.807) is 11.3 Å². The molecule has 1 atom stereocenters. The van der Waals surface area contributed by atoms with E-state index in [2.05, 4.69) is 71.2 Å². The van der Waals surface area contributed by atoms with Crippen LogP contribution in [0.4, 0.5) is 5.69 Å². The van der Waals surface area contributed by atoms with Gasteiger partial charge in [-0.3, -0.25) is 0 Å². The molecule has 1 N–H and O–H groups in total. The van der Waals surface area contributed by atoms with E-state index >= 15 is 0 Å². The third-order valence-corrected chi connectivity index (χ3v) is 5.58. The fourth-order valence-electron chi connectivity index (χ4n) is 4.46. The average molecular weight is 317 g/mol. The zero-order chi connectivity index (χ0) is 16.3. The summed E-state index contributed by atoms with van der Waals surface area (Å²) < 4.78 is 2.60. The lowest BCUT2D eigenvalue weighted by molar-refractivity contribution is 0.308. The van der Waals surface area contributed by atoms with E-state index in [4.69, 9.17) is 0 Å². The maximum Gasteiger partial charge on any atom is 0.0722 e. The van der Waals surface area contributed by atoms with Crippen LogP contribution in [0.2, 0.25) is 0 Å². The molecular formula is C21H23N3. The first-order valence-corrected chi connectivity index (χ1v) is 8.85. The first-order valence-electron chi connectivity index (χ1n) is 8.85. The van der Waals surface area contributed by atoms with Crippen molar-refractivity contribution in [2.24, 2.45) is 0 Å². The van der Waals surface area contributed by atoms with Crippen LogP contribution in [0.3, 0.4) is 0 Å². The van der Waals surface area contributed by atoms with E-state index in [9.17, 15) is 0 Å². The van der Waals surface area contributed by atoms with Gasteiger partial charge in [0, 0.05) is 37.1 Å². The zero-order valence-corrected chi connectivity index (χ0v) is 14.3. The van der Waals surface area contributed by atoms with E-state index < -0.39 is 0 Å². The van der Waals surface area contributed by atoms with Crippen LogP contribution in [0, 0.1) is 6.92 Å². The Balaban J connectivity index is 1.72. The molecule has 1 aromatic heterocycles. The minimum Gasteiger partial charge on any atom is -0.375 e. The average Bonchev–Trinajstić information content (AvgIpc) is 2.90. The number of fused-ring (bicyclic) bond motifs is 3. The second-order valence-corrected chi connectivity index (χ2v) is 7.34. The van der Waals surface area contributed by atoms with Gasteiger partial charge in [-0.15, -0.1) is 0 Å². The van der Waals surface area contributed by atoms with E-state index in [0.29, 0.717) is 6.04 Å². The number of nitrogens with zero attached hydrogens (tertiary/aromatic N) is 2. The molecule has 0 bridgehead atoms. The highest BCUT2D eigenvalue weighted by molar-refractivity contribution is 5.97. The molecule has 1 unspecified atom stereocenters. The second kappa shape index (κ2) is 5.12. The molecule has 2 aromatic carbocycles. The zero-order valence-electron chi connectivity index (χ0n) is 14.3. The van der Waals surface area contributed by atoms with Gasteiger partial charge < -0.3 is 14.8 Å². The normalized spacial score (nSPS) is 20.0. The molecule has 0 amide bonds. The molecule has 3 heteroatoms. The third-order valence-electron chi connectivity index (χ3n) is 5.58. The predicted octanol–water partition coefficient (Wildman–Crippen LogP) is 4.10. The molecule has 0 spiro atoms. The molecule has 0 saturated heterocycles. The van der Waals surface area contributed by atoms with Crippen LogP contribution < -0.4 is 5.32 Å². The summed E-state index contributed by atoms with van der Waals surface area (Å²) in [6, 6.07) is 15.9. The van der Waals surface area contributed by atoms with Crippen molar-refractivity contribution < 1.29 is 0 Å². The molecular weight excluding hydrogens is 294 g/mol. The van der Waals surface area contributed by atoms with Gasteiger partial charge in [0.2, 0.25) is 0 Å². The van der Waals surface area contributed by atoms with Crippen molar-refractivity contribution in [1.29, 1.82) is 0 Å². The SMILES string of the molecule is Cc1cc2c3c(c1)c1c(n3CC(c3ccccc3)N2)CCN(C)C1. The quantitative estimate of drug-likeness (QED) is 0.729. The van der Waals surface area contributed by atoms with Crippen LogP contribution in [0.1, 0.15) is 28.4 Å². The highest BCUT2D eigenvalue weighted by Crippen LogP contribution is 2.41.